The molecule has 0 saturated heterocycles. The third-order valence-corrected chi connectivity index (χ3v) is 9.77. The zero-order valence-electron chi connectivity index (χ0n) is 29.0. The number of ether oxygens (including phenoxy) is 1. The van der Waals surface area contributed by atoms with Gasteiger partial charge in [-0.2, -0.15) is 26.3 Å². The van der Waals surface area contributed by atoms with Crippen LogP contribution in [0.25, 0.3) is 16.9 Å². The van der Waals surface area contributed by atoms with Gasteiger partial charge in [0.2, 0.25) is 0 Å². The van der Waals surface area contributed by atoms with Crippen LogP contribution in [0.1, 0.15) is 51.5 Å². The molecule has 18 heteroatoms. The highest BCUT2D eigenvalue weighted by atomic mass is 79.9. The number of aliphatic hydroxyl groups is 1. The van der Waals surface area contributed by atoms with Crippen molar-refractivity contribution >= 4 is 27.7 Å². The van der Waals surface area contributed by atoms with Gasteiger partial charge >= 0.3 is 18.0 Å². The van der Waals surface area contributed by atoms with E-state index in [4.69, 9.17) is 4.74 Å². The third-order valence-electron chi connectivity index (χ3n) is 9.08. The Hall–Kier alpha value is -5.49. The standard InChI is InChI=1S/C37H31BrF6N6O5/c1-21-17-49-30(18-48(21)33(52)22-7-12-28(38)27(15-22)36(39,40)41)31(32(51)46-16-23-5-3-4-6-26(23)29-13-14-45-20-47-29)50(34(49)53)24-8-10-25(11-9-24)55-19-35(2,54)37(42,43)44/h3-15,20-21,54H,16-19H2,1-2H3,(H,46,51)/t21-,35+/m1/s1. The number of halogens is 7. The van der Waals surface area contributed by atoms with Crippen LogP contribution in [0.5, 0.6) is 5.75 Å². The fraction of sp³-hybridized carbons (Fsp3) is 0.270. The Kier molecular flexibility index (Phi) is 10.7. The second-order valence-corrected chi connectivity index (χ2v) is 13.8. The zero-order chi connectivity index (χ0) is 39.9. The third kappa shape index (κ3) is 8.00. The summed E-state index contributed by atoms with van der Waals surface area (Å²) in [5, 5.41) is 12.6. The summed E-state index contributed by atoms with van der Waals surface area (Å²) in [7, 11) is 0. The van der Waals surface area contributed by atoms with Crippen molar-refractivity contribution in [3.63, 3.8) is 0 Å². The molecule has 0 unspecified atom stereocenters. The van der Waals surface area contributed by atoms with E-state index in [9.17, 15) is 45.8 Å². The van der Waals surface area contributed by atoms with E-state index in [1.54, 1.807) is 43.5 Å². The SMILES string of the molecule is C[C@@H]1Cn2c(c(C(=O)NCc3ccccc3-c3ccncn3)n(-c3ccc(OC[C@](C)(O)C(F)(F)F)cc3)c2=O)CN1C(=O)c1ccc(Br)c(C(F)(F)F)c1. The van der Waals surface area contributed by atoms with Crippen molar-refractivity contribution in [3.05, 3.63) is 128 Å². The molecular weight excluding hydrogens is 802 g/mol. The molecule has 0 aliphatic carbocycles. The molecule has 0 saturated carbocycles. The molecule has 0 spiro atoms. The fourth-order valence-electron chi connectivity index (χ4n) is 6.03. The average Bonchev–Trinajstić information content (AvgIpc) is 3.43. The number of hydrogen-bond donors (Lipinski definition) is 2. The van der Waals surface area contributed by atoms with Crippen LogP contribution in [0.3, 0.4) is 0 Å². The predicted octanol–water partition coefficient (Wildman–Crippen LogP) is 6.54. The predicted molar refractivity (Wildman–Crippen MR) is 189 cm³/mol. The van der Waals surface area contributed by atoms with E-state index in [1.807, 2.05) is 0 Å². The Bertz CT molecular complexity index is 2290. The summed E-state index contributed by atoms with van der Waals surface area (Å²) < 4.78 is 88.0. The minimum Gasteiger partial charge on any atom is -0.490 e. The quantitative estimate of drug-likeness (QED) is 0.161. The lowest BCUT2D eigenvalue weighted by molar-refractivity contribution is -0.260. The fourth-order valence-corrected chi connectivity index (χ4v) is 6.50. The average molecular weight is 834 g/mol. The number of nitrogens with one attached hydrogen (secondary N) is 1. The lowest BCUT2D eigenvalue weighted by Crippen LogP contribution is -2.47. The molecule has 1 aliphatic heterocycles. The minimum absolute atomic E-state index is 0.0398. The van der Waals surface area contributed by atoms with Gasteiger partial charge in [0.25, 0.3) is 11.8 Å². The van der Waals surface area contributed by atoms with Crippen LogP contribution in [0, 0.1) is 0 Å². The number of amides is 2. The van der Waals surface area contributed by atoms with Crippen molar-refractivity contribution in [2.24, 2.45) is 0 Å². The molecular formula is C37H31BrF6N6O5. The van der Waals surface area contributed by atoms with Gasteiger partial charge < -0.3 is 20.1 Å². The highest BCUT2D eigenvalue weighted by Gasteiger charge is 2.50. The van der Waals surface area contributed by atoms with E-state index in [0.717, 1.165) is 16.7 Å². The zero-order valence-corrected chi connectivity index (χ0v) is 30.5. The van der Waals surface area contributed by atoms with Gasteiger partial charge in [-0.05, 0) is 67.9 Å². The van der Waals surface area contributed by atoms with Crippen molar-refractivity contribution in [2.45, 2.75) is 57.5 Å². The highest BCUT2D eigenvalue weighted by Crippen LogP contribution is 2.36. The molecule has 6 rings (SSSR count). The first-order valence-corrected chi connectivity index (χ1v) is 17.3. The van der Waals surface area contributed by atoms with Crippen molar-refractivity contribution in [2.75, 3.05) is 6.61 Å². The number of hydrogen-bond acceptors (Lipinski definition) is 7. The number of rotatable bonds is 9. The normalized spacial score (nSPS) is 15.6. The first-order chi connectivity index (χ1) is 25.9. The Balaban J connectivity index is 1.38. The number of alkyl halides is 6. The molecule has 0 fully saturated rings. The lowest BCUT2D eigenvalue weighted by Gasteiger charge is -2.34. The van der Waals surface area contributed by atoms with E-state index >= 15 is 0 Å². The van der Waals surface area contributed by atoms with E-state index in [2.05, 4.69) is 31.2 Å². The maximum absolute atomic E-state index is 14.2. The molecule has 2 amide bonds. The number of carbonyl (C=O) groups excluding carboxylic acids is 2. The summed E-state index contributed by atoms with van der Waals surface area (Å²) in [5.41, 5.74) is -3.18. The van der Waals surface area contributed by atoms with E-state index in [0.29, 0.717) is 23.7 Å². The van der Waals surface area contributed by atoms with Crippen LogP contribution in [-0.2, 0) is 25.8 Å². The summed E-state index contributed by atoms with van der Waals surface area (Å²) in [5.74, 6) is -1.58. The van der Waals surface area contributed by atoms with Crippen molar-refractivity contribution in [1.29, 1.82) is 0 Å². The van der Waals surface area contributed by atoms with Crippen LogP contribution >= 0.6 is 15.9 Å². The maximum Gasteiger partial charge on any atom is 0.420 e. The van der Waals surface area contributed by atoms with Gasteiger partial charge in [-0.15, -0.1) is 0 Å². The van der Waals surface area contributed by atoms with Gasteiger partial charge in [0.15, 0.2) is 5.60 Å². The van der Waals surface area contributed by atoms with Crippen LogP contribution in [0.4, 0.5) is 26.3 Å². The molecule has 5 aromatic rings. The van der Waals surface area contributed by atoms with Crippen LogP contribution < -0.4 is 15.7 Å². The first-order valence-electron chi connectivity index (χ1n) is 16.5. The van der Waals surface area contributed by atoms with Gasteiger partial charge in [-0.1, -0.05) is 40.2 Å². The molecule has 3 aromatic carbocycles. The first kappa shape index (κ1) is 39.2. The van der Waals surface area contributed by atoms with E-state index in [-0.39, 0.29) is 52.5 Å². The molecule has 1 aliphatic rings. The summed E-state index contributed by atoms with van der Waals surface area (Å²) in [6, 6.07) is 16.4. The summed E-state index contributed by atoms with van der Waals surface area (Å²) >= 11 is 2.88. The van der Waals surface area contributed by atoms with Gasteiger partial charge in [-0.3, -0.25) is 18.7 Å². The molecule has 2 aromatic heterocycles. The van der Waals surface area contributed by atoms with E-state index in [1.165, 1.54) is 46.1 Å². The van der Waals surface area contributed by atoms with Gasteiger partial charge in [-0.25, -0.2) is 14.8 Å². The Morgan fingerprint density at radius 1 is 1.02 bits per heavy atom. The molecule has 2 atom stereocenters. The molecule has 0 radical (unpaired) electrons. The molecule has 0 bridgehead atoms. The van der Waals surface area contributed by atoms with Crippen LogP contribution in [0.15, 0.2) is 94.6 Å². The topological polar surface area (TPSA) is 132 Å². The minimum atomic E-state index is -4.96. The second-order valence-electron chi connectivity index (χ2n) is 13.0. The lowest BCUT2D eigenvalue weighted by atomic mass is 10.0. The number of aromatic nitrogens is 4. The summed E-state index contributed by atoms with van der Waals surface area (Å²) in [4.78, 5) is 51.6. The molecule has 3 heterocycles. The van der Waals surface area contributed by atoms with Crippen LogP contribution in [0.2, 0.25) is 0 Å². The summed E-state index contributed by atoms with van der Waals surface area (Å²) in [6.45, 7) is 0.547. The molecule has 55 heavy (non-hydrogen) atoms. The Morgan fingerprint density at radius 2 is 1.73 bits per heavy atom. The van der Waals surface area contributed by atoms with E-state index < -0.39 is 53.7 Å². The Labute approximate surface area is 317 Å². The number of benzene rings is 3. The Morgan fingerprint density at radius 3 is 2.38 bits per heavy atom. The monoisotopic (exact) mass is 832 g/mol. The van der Waals surface area contributed by atoms with Gasteiger partial charge in [0.05, 0.1) is 29.2 Å². The maximum atomic E-state index is 14.2. The molecule has 2 N–H and O–H groups in total. The second kappa shape index (κ2) is 15.0. The number of carbonyl (C=O) groups is 2. The van der Waals surface area contributed by atoms with Crippen molar-refractivity contribution in [3.8, 4) is 22.7 Å². The molecule has 11 nitrogen and oxygen atoms in total. The number of nitrogens with zero attached hydrogens (tertiary/aromatic N) is 5. The number of imidazole rings is 1. The highest BCUT2D eigenvalue weighted by molar-refractivity contribution is 9.10. The number of fused-ring (bicyclic) bond motifs is 1. The van der Waals surface area contributed by atoms with Gasteiger partial charge in [0, 0.05) is 40.9 Å². The van der Waals surface area contributed by atoms with Gasteiger partial charge in [0.1, 0.15) is 24.4 Å². The van der Waals surface area contributed by atoms with Crippen LogP contribution in [-0.4, -0.2) is 65.3 Å². The molecule has 288 valence electrons. The van der Waals surface area contributed by atoms with Crippen molar-refractivity contribution in [1.82, 2.24) is 29.3 Å². The summed E-state index contributed by atoms with van der Waals surface area (Å²) in [6.07, 6.45) is -6.79. The smallest absolute Gasteiger partial charge is 0.420 e. The largest absolute Gasteiger partial charge is 0.490 e. The van der Waals surface area contributed by atoms with Crippen molar-refractivity contribution < 1.29 is 45.8 Å².